The van der Waals surface area contributed by atoms with Gasteiger partial charge in [-0.05, 0) is 19.3 Å². The lowest BCUT2D eigenvalue weighted by Gasteiger charge is -2.26. The quantitative estimate of drug-likeness (QED) is 0.650. The van der Waals surface area contributed by atoms with Gasteiger partial charge >= 0.3 is 12.1 Å². The van der Waals surface area contributed by atoms with E-state index in [1.807, 2.05) is 0 Å². The minimum atomic E-state index is -4.42. The largest absolute Gasteiger partial charge is 0.480 e. The average molecular weight is 210 g/mol. The van der Waals surface area contributed by atoms with Gasteiger partial charge < -0.3 is 10.2 Å². The maximum atomic E-state index is 12.4. The lowest BCUT2D eigenvalue weighted by atomic mass is 9.73. The van der Waals surface area contributed by atoms with Crippen molar-refractivity contribution in [2.45, 2.75) is 30.9 Å². The Hall–Kier alpha value is -0.715. The molecule has 3 nitrogen and oxygen atoms in total. The number of hydrogen-bond donors (Lipinski definition) is 2. The summed E-state index contributed by atoms with van der Waals surface area (Å²) in [5, 5.41) is 17.7. The Morgan fingerprint density at radius 3 is 2.07 bits per heavy atom. The van der Waals surface area contributed by atoms with Crippen molar-refractivity contribution >= 4 is 13.8 Å². The van der Waals surface area contributed by atoms with Gasteiger partial charge in [0.15, 0.2) is 7.85 Å². The summed E-state index contributed by atoms with van der Waals surface area (Å²) in [4.78, 5) is 10.4. The lowest BCUT2D eigenvalue weighted by molar-refractivity contribution is -0.199. The summed E-state index contributed by atoms with van der Waals surface area (Å²) < 4.78 is 37.2. The lowest BCUT2D eigenvalue weighted by Crippen LogP contribution is -2.44. The number of halogens is 3. The molecule has 80 valence electrons. The zero-order valence-corrected chi connectivity index (χ0v) is 7.56. The van der Waals surface area contributed by atoms with E-state index in [0.29, 0.717) is 0 Å². The van der Waals surface area contributed by atoms with Gasteiger partial charge in [-0.1, -0.05) is 0 Å². The molecular formula is C7H10BF3O3. The second-order valence-corrected chi connectivity index (χ2v) is 4.03. The molecule has 1 aliphatic carbocycles. The van der Waals surface area contributed by atoms with Crippen LogP contribution in [0.15, 0.2) is 0 Å². The van der Waals surface area contributed by atoms with Gasteiger partial charge in [-0.25, -0.2) is 4.79 Å². The molecule has 0 aromatic rings. The first kappa shape index (κ1) is 11.4. The number of carboxylic acid groups (broad SMARTS) is 1. The van der Waals surface area contributed by atoms with Crippen LogP contribution in [0.2, 0.25) is 0 Å². The molecule has 7 heteroatoms. The molecular weight excluding hydrogens is 200 g/mol. The minimum Gasteiger partial charge on any atom is -0.480 e. The molecule has 0 saturated heterocycles. The van der Waals surface area contributed by atoms with E-state index < -0.39 is 29.5 Å². The summed E-state index contributed by atoms with van der Waals surface area (Å²) >= 11 is 0. The zero-order chi connectivity index (χ0) is 11.2. The summed E-state index contributed by atoms with van der Waals surface area (Å²) in [5.74, 6) is -1.62. The van der Waals surface area contributed by atoms with Crippen molar-refractivity contribution in [3.05, 3.63) is 0 Å². The smallest absolute Gasteiger partial charge is 0.394 e. The highest BCUT2D eigenvalue weighted by molar-refractivity contribution is 6.25. The van der Waals surface area contributed by atoms with Crippen LogP contribution in [0.5, 0.6) is 0 Å². The number of carbonyl (C=O) groups is 1. The zero-order valence-electron chi connectivity index (χ0n) is 7.56. The highest BCUT2D eigenvalue weighted by Crippen LogP contribution is 2.61. The first-order chi connectivity index (χ1) is 6.11. The third kappa shape index (κ3) is 1.87. The molecule has 1 atom stereocenters. The van der Waals surface area contributed by atoms with Gasteiger partial charge in [0, 0.05) is 0 Å². The van der Waals surface area contributed by atoms with E-state index in [4.69, 9.17) is 5.11 Å². The Bertz CT molecular complexity index is 257. The van der Waals surface area contributed by atoms with E-state index in [9.17, 15) is 23.1 Å². The van der Waals surface area contributed by atoms with E-state index in [2.05, 4.69) is 0 Å². The van der Waals surface area contributed by atoms with Crippen molar-refractivity contribution < 1.29 is 28.2 Å². The topological polar surface area (TPSA) is 57.5 Å². The highest BCUT2D eigenvalue weighted by atomic mass is 19.4. The molecule has 0 aliphatic heterocycles. The maximum Gasteiger partial charge on any atom is 0.394 e. The van der Waals surface area contributed by atoms with Crippen molar-refractivity contribution in [1.29, 1.82) is 0 Å². The van der Waals surface area contributed by atoms with Crippen molar-refractivity contribution in [3.63, 3.8) is 0 Å². The van der Waals surface area contributed by atoms with Crippen LogP contribution in [0.1, 0.15) is 19.3 Å². The van der Waals surface area contributed by atoms with Crippen molar-refractivity contribution in [1.82, 2.24) is 0 Å². The van der Waals surface area contributed by atoms with Crippen LogP contribution in [0.4, 0.5) is 13.2 Å². The fourth-order valence-corrected chi connectivity index (χ4v) is 1.45. The molecule has 0 aromatic heterocycles. The van der Waals surface area contributed by atoms with Crippen LogP contribution in [0.3, 0.4) is 0 Å². The van der Waals surface area contributed by atoms with Gasteiger partial charge in [-0.3, -0.25) is 0 Å². The minimum absolute atomic E-state index is 0.0973. The molecule has 2 N–H and O–H groups in total. The molecule has 1 fully saturated rings. The summed E-state index contributed by atoms with van der Waals surface area (Å²) in [6, 6.07) is 0. The Morgan fingerprint density at radius 2 is 1.86 bits per heavy atom. The van der Waals surface area contributed by atoms with Crippen LogP contribution < -0.4 is 0 Å². The highest BCUT2D eigenvalue weighted by Gasteiger charge is 2.65. The number of aliphatic hydroxyl groups is 1. The van der Waals surface area contributed by atoms with Crippen LogP contribution >= 0.6 is 0 Å². The van der Waals surface area contributed by atoms with Crippen molar-refractivity contribution in [2.75, 3.05) is 0 Å². The fourth-order valence-electron chi connectivity index (χ4n) is 1.45. The van der Waals surface area contributed by atoms with E-state index in [0.717, 1.165) is 7.85 Å². The second kappa shape index (κ2) is 2.89. The Labute approximate surface area is 79.3 Å². The normalized spacial score (nSPS) is 24.0. The first-order valence-corrected chi connectivity index (χ1v) is 4.13. The number of hydrogen-bond acceptors (Lipinski definition) is 2. The molecule has 0 spiro atoms. The molecule has 0 radical (unpaired) electrons. The standard InChI is InChI=1S/C7H10BF3O3/c8-6(14,4(12)13)3-5(1-2-5)7(9,10)11/h14H,1-3,8H2,(H,12,13). The van der Waals surface area contributed by atoms with Gasteiger partial charge in [-0.2, -0.15) is 13.2 Å². The Kier molecular flexibility index (Phi) is 2.34. The molecule has 0 amide bonds. The third-order valence-corrected chi connectivity index (χ3v) is 2.60. The van der Waals surface area contributed by atoms with Crippen LogP contribution in [-0.2, 0) is 4.79 Å². The van der Waals surface area contributed by atoms with Crippen LogP contribution in [-0.4, -0.2) is 35.7 Å². The van der Waals surface area contributed by atoms with E-state index >= 15 is 0 Å². The van der Waals surface area contributed by atoms with E-state index in [-0.39, 0.29) is 12.8 Å². The first-order valence-electron chi connectivity index (χ1n) is 4.13. The summed E-state index contributed by atoms with van der Waals surface area (Å²) in [6.45, 7) is 0. The van der Waals surface area contributed by atoms with Crippen molar-refractivity contribution in [3.8, 4) is 0 Å². The monoisotopic (exact) mass is 210 g/mol. The maximum absolute atomic E-state index is 12.4. The molecule has 0 heterocycles. The predicted molar refractivity (Wildman–Crippen MR) is 43.5 cm³/mol. The van der Waals surface area contributed by atoms with Crippen LogP contribution in [0.25, 0.3) is 0 Å². The Morgan fingerprint density at radius 1 is 1.43 bits per heavy atom. The third-order valence-electron chi connectivity index (χ3n) is 2.60. The molecule has 1 rings (SSSR count). The summed E-state index contributed by atoms with van der Waals surface area (Å²) in [5.41, 5.74) is -4.28. The number of carboxylic acids is 1. The summed E-state index contributed by atoms with van der Waals surface area (Å²) in [6.07, 6.45) is -5.38. The molecule has 14 heavy (non-hydrogen) atoms. The molecule has 0 aromatic carbocycles. The second-order valence-electron chi connectivity index (χ2n) is 4.03. The van der Waals surface area contributed by atoms with Crippen molar-refractivity contribution in [2.24, 2.45) is 5.41 Å². The molecule has 0 bridgehead atoms. The predicted octanol–water partition coefficient (Wildman–Crippen LogP) is 0.125. The Balaban J connectivity index is 2.75. The summed E-state index contributed by atoms with van der Waals surface area (Å²) in [7, 11) is 0.890. The van der Waals surface area contributed by atoms with Gasteiger partial charge in [0.2, 0.25) is 0 Å². The fraction of sp³-hybridized carbons (Fsp3) is 0.857. The average Bonchev–Trinajstić information content (AvgIpc) is 2.65. The van der Waals surface area contributed by atoms with Gasteiger partial charge in [0.25, 0.3) is 0 Å². The molecule has 1 saturated carbocycles. The van der Waals surface area contributed by atoms with Gasteiger partial charge in [-0.15, -0.1) is 0 Å². The SMILES string of the molecule is BC(O)(CC1(C(F)(F)F)CC1)C(=O)O. The number of aliphatic carboxylic acids is 1. The number of alkyl halides is 3. The van der Waals surface area contributed by atoms with E-state index in [1.54, 1.807) is 0 Å². The molecule has 1 unspecified atom stereocenters. The van der Waals surface area contributed by atoms with Crippen LogP contribution in [0, 0.1) is 5.41 Å². The van der Waals surface area contributed by atoms with Gasteiger partial charge in [0.1, 0.15) is 5.50 Å². The van der Waals surface area contributed by atoms with E-state index in [1.165, 1.54) is 0 Å². The van der Waals surface area contributed by atoms with Gasteiger partial charge in [0.05, 0.1) is 5.41 Å². The molecule has 1 aliphatic rings. The number of rotatable bonds is 3.